The molecule has 1 aromatic heterocycles. The van der Waals surface area contributed by atoms with Gasteiger partial charge in [-0.15, -0.1) is 0 Å². The summed E-state index contributed by atoms with van der Waals surface area (Å²) in [6.07, 6.45) is 1.22. The predicted molar refractivity (Wildman–Crippen MR) is 93.4 cm³/mol. The van der Waals surface area contributed by atoms with Gasteiger partial charge in [0.2, 0.25) is 11.6 Å². The molecule has 1 aromatic carbocycles. The van der Waals surface area contributed by atoms with Gasteiger partial charge in [-0.1, -0.05) is 23.2 Å². The van der Waals surface area contributed by atoms with Crippen LogP contribution in [0.4, 0.5) is 23.0 Å². The number of aromatic nitrogens is 2. The van der Waals surface area contributed by atoms with E-state index in [0.29, 0.717) is 22.3 Å². The van der Waals surface area contributed by atoms with Crippen molar-refractivity contribution in [2.45, 2.75) is 13.0 Å². The van der Waals surface area contributed by atoms with Gasteiger partial charge in [0, 0.05) is 18.2 Å². The SMILES string of the molecule is COCC(C)Nc1ncnc(Nc2cc(Cl)ccc2Cl)c1[N+](=O)[O-]. The van der Waals surface area contributed by atoms with Crippen LogP contribution in [0.5, 0.6) is 0 Å². The molecule has 0 fully saturated rings. The third kappa shape index (κ3) is 4.44. The summed E-state index contributed by atoms with van der Waals surface area (Å²) in [6.45, 7) is 2.18. The molecule has 24 heavy (non-hydrogen) atoms. The lowest BCUT2D eigenvalue weighted by Crippen LogP contribution is -2.22. The van der Waals surface area contributed by atoms with Gasteiger partial charge in [-0.2, -0.15) is 0 Å². The molecule has 1 atom stereocenters. The van der Waals surface area contributed by atoms with Crippen LogP contribution in [0.1, 0.15) is 6.92 Å². The topological polar surface area (TPSA) is 102 Å². The van der Waals surface area contributed by atoms with E-state index >= 15 is 0 Å². The maximum absolute atomic E-state index is 11.5. The Morgan fingerprint density at radius 1 is 1.33 bits per heavy atom. The second-order valence-electron chi connectivity index (χ2n) is 4.93. The molecule has 2 N–H and O–H groups in total. The van der Waals surface area contributed by atoms with E-state index in [0.717, 1.165) is 0 Å². The van der Waals surface area contributed by atoms with Crippen molar-refractivity contribution in [1.29, 1.82) is 0 Å². The molecule has 0 saturated heterocycles. The van der Waals surface area contributed by atoms with Gasteiger partial charge in [0.25, 0.3) is 0 Å². The predicted octanol–water partition coefficient (Wildman–Crippen LogP) is 3.88. The van der Waals surface area contributed by atoms with E-state index in [-0.39, 0.29) is 23.4 Å². The molecule has 0 aliphatic heterocycles. The summed E-state index contributed by atoms with van der Waals surface area (Å²) >= 11 is 12.0. The van der Waals surface area contributed by atoms with Gasteiger partial charge < -0.3 is 15.4 Å². The molecule has 0 amide bonds. The maximum atomic E-state index is 11.5. The van der Waals surface area contributed by atoms with Crippen LogP contribution in [0.15, 0.2) is 24.5 Å². The quantitative estimate of drug-likeness (QED) is 0.562. The number of halogens is 2. The summed E-state index contributed by atoms with van der Waals surface area (Å²) in [7, 11) is 1.54. The summed E-state index contributed by atoms with van der Waals surface area (Å²) in [5.74, 6) is 0.0893. The number of anilines is 3. The number of hydrogen-bond acceptors (Lipinski definition) is 7. The van der Waals surface area contributed by atoms with Crippen molar-refractivity contribution in [3.8, 4) is 0 Å². The zero-order valence-electron chi connectivity index (χ0n) is 12.9. The second-order valence-corrected chi connectivity index (χ2v) is 5.77. The zero-order chi connectivity index (χ0) is 17.7. The highest BCUT2D eigenvalue weighted by molar-refractivity contribution is 6.35. The number of hydrogen-bond donors (Lipinski definition) is 2. The molecule has 0 saturated carbocycles. The van der Waals surface area contributed by atoms with Gasteiger partial charge in [-0.3, -0.25) is 10.1 Å². The Hall–Kier alpha value is -2.16. The smallest absolute Gasteiger partial charge is 0.353 e. The van der Waals surface area contributed by atoms with Gasteiger partial charge in [0.15, 0.2) is 0 Å². The lowest BCUT2D eigenvalue weighted by Gasteiger charge is -2.15. The minimum Gasteiger partial charge on any atom is -0.383 e. The molecule has 0 radical (unpaired) electrons. The van der Waals surface area contributed by atoms with Crippen molar-refractivity contribution < 1.29 is 9.66 Å². The molecule has 2 rings (SSSR count). The number of nitrogens with one attached hydrogen (secondary N) is 2. The molecule has 1 heterocycles. The summed E-state index contributed by atoms with van der Waals surface area (Å²) in [6, 6.07) is 4.57. The Morgan fingerprint density at radius 3 is 2.71 bits per heavy atom. The Morgan fingerprint density at radius 2 is 2.04 bits per heavy atom. The van der Waals surface area contributed by atoms with Crippen LogP contribution in [0.3, 0.4) is 0 Å². The molecule has 0 bridgehead atoms. The summed E-state index contributed by atoms with van der Waals surface area (Å²) in [5.41, 5.74) is 0.110. The largest absolute Gasteiger partial charge is 0.383 e. The average molecular weight is 372 g/mol. The Kier molecular flexibility index (Phi) is 6.13. The van der Waals surface area contributed by atoms with Crippen LogP contribution < -0.4 is 10.6 Å². The first-order chi connectivity index (χ1) is 11.4. The highest BCUT2D eigenvalue weighted by atomic mass is 35.5. The monoisotopic (exact) mass is 371 g/mol. The lowest BCUT2D eigenvalue weighted by atomic mass is 10.3. The number of benzene rings is 1. The summed E-state index contributed by atoms with van der Waals surface area (Å²) in [5, 5.41) is 18.0. The first kappa shape index (κ1) is 18.2. The first-order valence-electron chi connectivity index (χ1n) is 6.89. The fourth-order valence-corrected chi connectivity index (χ4v) is 2.33. The molecule has 2 aromatic rings. The average Bonchev–Trinajstić information content (AvgIpc) is 2.51. The lowest BCUT2D eigenvalue weighted by molar-refractivity contribution is -0.383. The molecule has 10 heteroatoms. The van der Waals surface area contributed by atoms with Crippen LogP contribution in [-0.4, -0.2) is 34.6 Å². The van der Waals surface area contributed by atoms with E-state index in [1.165, 1.54) is 6.33 Å². The third-order valence-electron chi connectivity index (χ3n) is 2.99. The normalized spacial score (nSPS) is 11.8. The highest BCUT2D eigenvalue weighted by Gasteiger charge is 2.24. The molecular formula is C14H15Cl2N5O3. The number of ether oxygens (including phenoxy) is 1. The molecule has 1 unspecified atom stereocenters. The van der Waals surface area contributed by atoms with E-state index in [9.17, 15) is 10.1 Å². The van der Waals surface area contributed by atoms with E-state index < -0.39 is 4.92 Å². The van der Waals surface area contributed by atoms with Gasteiger partial charge in [-0.05, 0) is 25.1 Å². The van der Waals surface area contributed by atoms with Gasteiger partial charge >= 0.3 is 5.69 Å². The summed E-state index contributed by atoms with van der Waals surface area (Å²) < 4.78 is 5.01. The number of nitrogens with zero attached hydrogens (tertiary/aromatic N) is 3. The van der Waals surface area contributed by atoms with Crippen molar-refractivity contribution in [2.24, 2.45) is 0 Å². The Labute approximate surface area is 148 Å². The van der Waals surface area contributed by atoms with Crippen molar-refractivity contribution in [3.05, 3.63) is 44.7 Å². The van der Waals surface area contributed by atoms with Crippen molar-refractivity contribution in [1.82, 2.24) is 9.97 Å². The van der Waals surface area contributed by atoms with Crippen molar-refractivity contribution in [2.75, 3.05) is 24.4 Å². The van der Waals surface area contributed by atoms with Gasteiger partial charge in [0.05, 0.1) is 22.2 Å². The minimum atomic E-state index is -0.567. The van der Waals surface area contributed by atoms with Crippen molar-refractivity contribution in [3.63, 3.8) is 0 Å². The van der Waals surface area contributed by atoms with E-state index in [4.69, 9.17) is 27.9 Å². The minimum absolute atomic E-state index is 0.00582. The molecule has 128 valence electrons. The number of rotatable bonds is 7. The molecule has 0 aliphatic rings. The molecular weight excluding hydrogens is 357 g/mol. The second kappa shape index (κ2) is 8.09. The Bertz CT molecular complexity index is 744. The third-order valence-corrected chi connectivity index (χ3v) is 3.55. The van der Waals surface area contributed by atoms with Crippen LogP contribution in [0, 0.1) is 10.1 Å². The van der Waals surface area contributed by atoms with Crippen LogP contribution in [-0.2, 0) is 4.74 Å². The fourth-order valence-electron chi connectivity index (χ4n) is 1.99. The molecule has 0 aliphatic carbocycles. The van der Waals surface area contributed by atoms with E-state index in [2.05, 4.69) is 20.6 Å². The molecule has 0 spiro atoms. The van der Waals surface area contributed by atoms with Crippen LogP contribution in [0.2, 0.25) is 10.0 Å². The zero-order valence-corrected chi connectivity index (χ0v) is 14.4. The number of methoxy groups -OCH3 is 1. The fraction of sp³-hybridized carbons (Fsp3) is 0.286. The van der Waals surface area contributed by atoms with Crippen LogP contribution in [0.25, 0.3) is 0 Å². The first-order valence-corrected chi connectivity index (χ1v) is 7.65. The van der Waals surface area contributed by atoms with Crippen molar-refractivity contribution >= 4 is 46.2 Å². The van der Waals surface area contributed by atoms with Crippen LogP contribution >= 0.6 is 23.2 Å². The Balaban J connectivity index is 2.39. The van der Waals surface area contributed by atoms with E-state index in [1.807, 2.05) is 6.92 Å². The highest BCUT2D eigenvalue weighted by Crippen LogP contribution is 2.34. The van der Waals surface area contributed by atoms with Gasteiger partial charge in [0.1, 0.15) is 6.33 Å². The van der Waals surface area contributed by atoms with Gasteiger partial charge in [-0.25, -0.2) is 9.97 Å². The summed E-state index contributed by atoms with van der Waals surface area (Å²) in [4.78, 5) is 18.8. The maximum Gasteiger partial charge on any atom is 0.353 e. The van der Waals surface area contributed by atoms with E-state index in [1.54, 1.807) is 25.3 Å². The standard InChI is InChI=1S/C14H15Cl2N5O3/c1-8(6-24-2)19-13-12(21(22)23)14(18-7-17-13)20-11-5-9(15)3-4-10(11)16/h3-5,7-8H,6H2,1-2H3,(H2,17,18,19,20). The molecule has 8 nitrogen and oxygen atoms in total. The number of nitro groups is 1.